The van der Waals surface area contributed by atoms with Crippen molar-refractivity contribution in [1.82, 2.24) is 10.2 Å². The Morgan fingerprint density at radius 2 is 2.23 bits per heavy atom. The van der Waals surface area contributed by atoms with Crippen molar-refractivity contribution in [2.45, 2.75) is 39.2 Å². The molecule has 3 heteroatoms. The van der Waals surface area contributed by atoms with Gasteiger partial charge >= 0.3 is 0 Å². The normalized spacial score (nSPS) is 20.1. The van der Waals surface area contributed by atoms with E-state index in [1.54, 1.807) is 0 Å². The van der Waals surface area contributed by atoms with Crippen molar-refractivity contribution in [3.8, 4) is 0 Å². The molecule has 1 aliphatic heterocycles. The Bertz CT molecular complexity index is 189. The van der Waals surface area contributed by atoms with Gasteiger partial charge in [-0.3, -0.25) is 9.69 Å². The average molecular weight is 184 g/mol. The van der Waals surface area contributed by atoms with E-state index in [0.29, 0.717) is 6.54 Å². The summed E-state index contributed by atoms with van der Waals surface area (Å²) in [5, 5.41) is 2.85. The molecule has 0 saturated carbocycles. The van der Waals surface area contributed by atoms with Crippen molar-refractivity contribution in [1.29, 1.82) is 0 Å². The van der Waals surface area contributed by atoms with Gasteiger partial charge in [-0.2, -0.15) is 0 Å². The first-order valence-electron chi connectivity index (χ1n) is 5.08. The lowest BCUT2D eigenvalue weighted by molar-refractivity contribution is -0.126. The number of rotatable bonds is 3. The van der Waals surface area contributed by atoms with Gasteiger partial charge in [-0.15, -0.1) is 0 Å². The molecule has 0 radical (unpaired) electrons. The molecule has 1 aliphatic rings. The van der Waals surface area contributed by atoms with Crippen LogP contribution in [-0.4, -0.2) is 36.0 Å². The van der Waals surface area contributed by atoms with E-state index in [1.807, 2.05) is 0 Å². The highest BCUT2D eigenvalue weighted by atomic mass is 16.2. The van der Waals surface area contributed by atoms with Crippen molar-refractivity contribution < 1.29 is 4.79 Å². The van der Waals surface area contributed by atoms with Gasteiger partial charge in [0.1, 0.15) is 0 Å². The van der Waals surface area contributed by atoms with E-state index in [-0.39, 0.29) is 11.4 Å². The molecule has 0 atom stereocenters. The van der Waals surface area contributed by atoms with E-state index in [9.17, 15) is 4.79 Å². The maximum Gasteiger partial charge on any atom is 0.234 e. The van der Waals surface area contributed by atoms with E-state index >= 15 is 0 Å². The minimum absolute atomic E-state index is 0.162. The summed E-state index contributed by atoms with van der Waals surface area (Å²) in [5.41, 5.74) is 0.173. The third-order valence-electron chi connectivity index (χ3n) is 2.76. The summed E-state index contributed by atoms with van der Waals surface area (Å²) < 4.78 is 0. The smallest absolute Gasteiger partial charge is 0.234 e. The zero-order valence-electron chi connectivity index (χ0n) is 8.89. The Kier molecular flexibility index (Phi) is 3.31. The quantitative estimate of drug-likeness (QED) is 0.709. The van der Waals surface area contributed by atoms with Gasteiger partial charge in [-0.1, -0.05) is 13.3 Å². The van der Waals surface area contributed by atoms with Crippen molar-refractivity contribution in [2.75, 3.05) is 19.6 Å². The summed E-state index contributed by atoms with van der Waals surface area (Å²) in [5.74, 6) is 0.162. The molecule has 1 amide bonds. The predicted molar refractivity (Wildman–Crippen MR) is 53.6 cm³/mol. The highest BCUT2D eigenvalue weighted by Crippen LogP contribution is 2.20. The molecule has 3 nitrogen and oxygen atoms in total. The van der Waals surface area contributed by atoms with Gasteiger partial charge in [0, 0.05) is 18.6 Å². The molecule has 0 aromatic heterocycles. The Balaban J connectivity index is 2.53. The molecular formula is C10H20N2O. The number of nitrogens with zero attached hydrogens (tertiary/aromatic N) is 1. The fraction of sp³-hybridized carbons (Fsp3) is 0.900. The van der Waals surface area contributed by atoms with Crippen molar-refractivity contribution >= 4 is 5.91 Å². The number of amides is 1. The first kappa shape index (κ1) is 10.5. The number of carbonyl (C=O) groups excluding carboxylic acids is 1. The largest absolute Gasteiger partial charge is 0.354 e. The van der Waals surface area contributed by atoms with Gasteiger partial charge in [-0.25, -0.2) is 0 Å². The summed E-state index contributed by atoms with van der Waals surface area (Å²) in [6.45, 7) is 8.97. The minimum atomic E-state index is 0.162. The Labute approximate surface area is 80.5 Å². The van der Waals surface area contributed by atoms with Crippen LogP contribution in [0.25, 0.3) is 0 Å². The zero-order chi connectivity index (χ0) is 9.90. The molecule has 1 fully saturated rings. The van der Waals surface area contributed by atoms with Crippen LogP contribution in [0.5, 0.6) is 0 Å². The monoisotopic (exact) mass is 184 g/mol. The average Bonchev–Trinajstić information content (AvgIpc) is 2.04. The van der Waals surface area contributed by atoms with Gasteiger partial charge in [-0.05, 0) is 20.3 Å². The molecular weight excluding hydrogens is 164 g/mol. The molecule has 0 unspecified atom stereocenters. The van der Waals surface area contributed by atoms with E-state index in [0.717, 1.165) is 19.5 Å². The van der Waals surface area contributed by atoms with E-state index in [1.165, 1.54) is 6.42 Å². The Morgan fingerprint density at radius 3 is 2.77 bits per heavy atom. The molecule has 0 aromatic rings. The van der Waals surface area contributed by atoms with Crippen LogP contribution in [0.3, 0.4) is 0 Å². The first-order valence-corrected chi connectivity index (χ1v) is 5.08. The second kappa shape index (κ2) is 4.09. The number of hydrogen-bond acceptors (Lipinski definition) is 2. The third-order valence-corrected chi connectivity index (χ3v) is 2.76. The molecule has 0 bridgehead atoms. The SMILES string of the molecule is CCCC(C)(C)N1CCNC(=O)C1. The lowest BCUT2D eigenvalue weighted by Crippen LogP contribution is -2.55. The molecule has 1 heterocycles. The maximum absolute atomic E-state index is 11.2. The van der Waals surface area contributed by atoms with Gasteiger partial charge in [0.2, 0.25) is 5.91 Å². The summed E-state index contributed by atoms with van der Waals surface area (Å²) in [4.78, 5) is 13.4. The molecule has 1 rings (SSSR count). The number of carbonyl (C=O) groups is 1. The van der Waals surface area contributed by atoms with Crippen LogP contribution in [0, 0.1) is 0 Å². The predicted octanol–water partition coefficient (Wildman–Crippen LogP) is 0.997. The van der Waals surface area contributed by atoms with Crippen LogP contribution >= 0.6 is 0 Å². The minimum Gasteiger partial charge on any atom is -0.354 e. The van der Waals surface area contributed by atoms with Crippen LogP contribution in [0.1, 0.15) is 33.6 Å². The van der Waals surface area contributed by atoms with E-state index in [2.05, 4.69) is 31.0 Å². The third kappa shape index (κ3) is 2.69. The molecule has 76 valence electrons. The molecule has 0 aromatic carbocycles. The molecule has 1 N–H and O–H groups in total. The van der Waals surface area contributed by atoms with Crippen LogP contribution in [0.4, 0.5) is 0 Å². The van der Waals surface area contributed by atoms with Crippen LogP contribution in [0.15, 0.2) is 0 Å². The highest BCUT2D eigenvalue weighted by molar-refractivity contribution is 5.78. The highest BCUT2D eigenvalue weighted by Gasteiger charge is 2.29. The number of piperazine rings is 1. The fourth-order valence-corrected chi connectivity index (χ4v) is 1.93. The van der Waals surface area contributed by atoms with Crippen molar-refractivity contribution in [3.05, 3.63) is 0 Å². The Hall–Kier alpha value is -0.570. The van der Waals surface area contributed by atoms with Gasteiger partial charge in [0.05, 0.1) is 6.54 Å². The summed E-state index contributed by atoms with van der Waals surface area (Å²) in [7, 11) is 0. The number of nitrogens with one attached hydrogen (secondary N) is 1. The van der Waals surface area contributed by atoms with E-state index in [4.69, 9.17) is 0 Å². The summed E-state index contributed by atoms with van der Waals surface area (Å²) in [6, 6.07) is 0. The second-order valence-electron chi connectivity index (χ2n) is 4.33. The molecule has 0 aliphatic carbocycles. The first-order chi connectivity index (χ1) is 6.06. The second-order valence-corrected chi connectivity index (χ2v) is 4.33. The van der Waals surface area contributed by atoms with Gasteiger partial charge < -0.3 is 5.32 Å². The maximum atomic E-state index is 11.2. The summed E-state index contributed by atoms with van der Waals surface area (Å²) in [6.07, 6.45) is 2.32. The standard InChI is InChI=1S/C10H20N2O/c1-4-5-10(2,3)12-7-6-11-9(13)8-12/h4-8H2,1-3H3,(H,11,13). The zero-order valence-corrected chi connectivity index (χ0v) is 8.89. The number of hydrogen-bond donors (Lipinski definition) is 1. The van der Waals surface area contributed by atoms with Gasteiger partial charge in [0.25, 0.3) is 0 Å². The molecule has 1 saturated heterocycles. The van der Waals surface area contributed by atoms with Crippen LogP contribution in [-0.2, 0) is 4.79 Å². The van der Waals surface area contributed by atoms with Gasteiger partial charge in [0.15, 0.2) is 0 Å². The van der Waals surface area contributed by atoms with Crippen molar-refractivity contribution in [3.63, 3.8) is 0 Å². The Morgan fingerprint density at radius 1 is 1.54 bits per heavy atom. The summed E-state index contributed by atoms with van der Waals surface area (Å²) >= 11 is 0. The van der Waals surface area contributed by atoms with Crippen molar-refractivity contribution in [2.24, 2.45) is 0 Å². The lowest BCUT2D eigenvalue weighted by Gasteiger charge is -2.40. The van der Waals surface area contributed by atoms with E-state index < -0.39 is 0 Å². The fourth-order valence-electron chi connectivity index (χ4n) is 1.93. The topological polar surface area (TPSA) is 32.3 Å². The molecule has 0 spiro atoms. The molecule has 13 heavy (non-hydrogen) atoms. The van der Waals surface area contributed by atoms with Crippen LogP contribution < -0.4 is 5.32 Å². The lowest BCUT2D eigenvalue weighted by atomic mass is 9.96. The van der Waals surface area contributed by atoms with Crippen LogP contribution in [0.2, 0.25) is 0 Å².